The molecule has 2 aromatic rings. The monoisotopic (exact) mass is 348 g/mol. The minimum atomic E-state index is -0.540. The molecule has 134 valence electrons. The lowest BCUT2D eigenvalue weighted by molar-refractivity contribution is -0.154. The topological polar surface area (TPSA) is 41.6 Å². The van der Waals surface area contributed by atoms with Gasteiger partial charge in [-0.1, -0.05) is 48.5 Å². The summed E-state index contributed by atoms with van der Waals surface area (Å²) in [7, 11) is 0. The van der Waals surface area contributed by atoms with E-state index in [-0.39, 0.29) is 17.7 Å². The number of likely N-dealkylation sites (tertiary alicyclic amines) is 1. The maximum Gasteiger partial charge on any atom is 0.223 e. The van der Waals surface area contributed by atoms with Crippen molar-refractivity contribution in [2.75, 3.05) is 13.1 Å². The molecule has 0 aliphatic carbocycles. The summed E-state index contributed by atoms with van der Waals surface area (Å²) in [5, 5.41) is 3.22. The largest absolute Gasteiger partial charge is 0.467 e. The molecule has 3 heterocycles. The van der Waals surface area contributed by atoms with Gasteiger partial charge in [0.2, 0.25) is 5.91 Å². The highest BCUT2D eigenvalue weighted by molar-refractivity contribution is 5.80. The number of hydrogen-bond acceptors (Lipinski definition) is 3. The van der Waals surface area contributed by atoms with E-state index in [1.54, 1.807) is 0 Å². The summed E-state index contributed by atoms with van der Waals surface area (Å²) in [5.74, 6) is 1.58. The number of carbonyl (C=O) groups excluding carboxylic acids is 1. The Balaban J connectivity index is 1.48. The molecule has 0 saturated carbocycles. The number of fused-ring (bicyclic) bond motifs is 2. The average molecular weight is 348 g/mol. The summed E-state index contributed by atoms with van der Waals surface area (Å²) in [4.78, 5) is 14.9. The average Bonchev–Trinajstić information content (AvgIpc) is 2.67. The molecular weight excluding hydrogens is 324 g/mol. The van der Waals surface area contributed by atoms with Crippen molar-refractivity contribution >= 4 is 5.91 Å². The van der Waals surface area contributed by atoms with Crippen molar-refractivity contribution in [2.45, 2.75) is 37.5 Å². The number of benzene rings is 2. The summed E-state index contributed by atoms with van der Waals surface area (Å²) in [6, 6.07) is 19.3. The lowest BCUT2D eigenvalue weighted by Crippen LogP contribution is -2.70. The van der Waals surface area contributed by atoms with Crippen LogP contribution in [0, 0.1) is 5.92 Å². The number of nitrogens with one attached hydrogen (secondary N) is 1. The van der Waals surface area contributed by atoms with E-state index in [0.29, 0.717) is 12.5 Å². The van der Waals surface area contributed by atoms with Crippen LogP contribution in [0.1, 0.15) is 42.9 Å². The van der Waals surface area contributed by atoms with Crippen molar-refractivity contribution in [3.05, 3.63) is 65.7 Å². The molecule has 2 aromatic carbocycles. The van der Waals surface area contributed by atoms with Crippen molar-refractivity contribution in [2.24, 2.45) is 5.92 Å². The second kappa shape index (κ2) is 5.85. The molecule has 3 aliphatic rings. The molecule has 1 N–H and O–H groups in total. The van der Waals surface area contributed by atoms with Crippen LogP contribution >= 0.6 is 0 Å². The third-order valence-corrected chi connectivity index (χ3v) is 6.48. The Morgan fingerprint density at radius 3 is 2.77 bits per heavy atom. The molecular formula is C22H24N2O2. The fourth-order valence-corrected chi connectivity index (χ4v) is 5.07. The number of amides is 1. The van der Waals surface area contributed by atoms with Crippen molar-refractivity contribution < 1.29 is 9.53 Å². The van der Waals surface area contributed by atoms with Crippen molar-refractivity contribution in [1.29, 1.82) is 0 Å². The Morgan fingerprint density at radius 2 is 1.92 bits per heavy atom. The first kappa shape index (κ1) is 15.9. The summed E-state index contributed by atoms with van der Waals surface area (Å²) in [6.07, 6.45) is 1.38. The molecule has 4 atom stereocenters. The van der Waals surface area contributed by atoms with Gasteiger partial charge in [0, 0.05) is 43.8 Å². The lowest BCUT2D eigenvalue weighted by Gasteiger charge is -2.56. The van der Waals surface area contributed by atoms with Gasteiger partial charge in [0.05, 0.1) is 0 Å². The second-order valence-corrected chi connectivity index (χ2v) is 7.83. The van der Waals surface area contributed by atoms with Gasteiger partial charge in [-0.3, -0.25) is 9.69 Å². The fourth-order valence-electron chi connectivity index (χ4n) is 5.07. The van der Waals surface area contributed by atoms with Crippen LogP contribution in [0.4, 0.5) is 0 Å². The van der Waals surface area contributed by atoms with Crippen molar-refractivity contribution in [3.63, 3.8) is 0 Å². The molecule has 5 rings (SSSR count). The van der Waals surface area contributed by atoms with Gasteiger partial charge in [0.15, 0.2) is 5.72 Å². The molecule has 0 aromatic heterocycles. The first-order valence-electron chi connectivity index (χ1n) is 9.54. The standard InChI is InChI=1S/C22H24N2O2/c1-15(16-7-3-2-4-8-16)24-12-11-22-19(14-24)18(13-21(25)23-22)17-9-5-6-10-20(17)26-22/h2-10,15,18-19H,11-14H2,1H3,(H,23,25)/t15-,18+,19+,22-/m0/s1. The first-order valence-corrected chi connectivity index (χ1v) is 9.54. The van der Waals surface area contributed by atoms with Gasteiger partial charge in [0.1, 0.15) is 5.75 Å². The molecule has 2 bridgehead atoms. The molecule has 2 saturated heterocycles. The zero-order valence-corrected chi connectivity index (χ0v) is 15.0. The van der Waals surface area contributed by atoms with Crippen LogP contribution in [0.15, 0.2) is 54.6 Å². The van der Waals surface area contributed by atoms with Gasteiger partial charge < -0.3 is 10.1 Å². The molecule has 26 heavy (non-hydrogen) atoms. The van der Waals surface area contributed by atoms with E-state index in [4.69, 9.17) is 4.74 Å². The Hall–Kier alpha value is -2.33. The zero-order valence-electron chi connectivity index (χ0n) is 15.0. The van der Waals surface area contributed by atoms with Crippen LogP contribution in [-0.4, -0.2) is 29.6 Å². The van der Waals surface area contributed by atoms with E-state index in [2.05, 4.69) is 59.6 Å². The predicted molar refractivity (Wildman–Crippen MR) is 99.8 cm³/mol. The highest BCUT2D eigenvalue weighted by atomic mass is 16.5. The van der Waals surface area contributed by atoms with Crippen LogP contribution < -0.4 is 10.1 Å². The fraction of sp³-hybridized carbons (Fsp3) is 0.409. The van der Waals surface area contributed by atoms with Gasteiger partial charge in [-0.2, -0.15) is 0 Å². The van der Waals surface area contributed by atoms with Crippen LogP contribution in [0.5, 0.6) is 5.75 Å². The van der Waals surface area contributed by atoms with E-state index in [1.807, 2.05) is 12.1 Å². The number of ether oxygens (including phenoxy) is 1. The Bertz CT molecular complexity index is 837. The third kappa shape index (κ3) is 2.36. The number of rotatable bonds is 2. The molecule has 4 nitrogen and oxygen atoms in total. The Kier molecular flexibility index (Phi) is 3.57. The molecule has 1 amide bonds. The van der Waals surface area contributed by atoms with Crippen LogP contribution in [0.3, 0.4) is 0 Å². The van der Waals surface area contributed by atoms with Crippen LogP contribution in [0.2, 0.25) is 0 Å². The summed E-state index contributed by atoms with van der Waals surface area (Å²) >= 11 is 0. The Morgan fingerprint density at radius 1 is 1.15 bits per heavy atom. The SMILES string of the molecule is C[C@@H](c1ccccc1)N1CC[C@]23NC(=O)C[C@H](c4ccccc4O2)[C@H]3C1. The predicted octanol–water partition coefficient (Wildman–Crippen LogP) is 3.46. The van der Waals surface area contributed by atoms with Gasteiger partial charge in [0.25, 0.3) is 0 Å². The van der Waals surface area contributed by atoms with Crippen molar-refractivity contribution in [3.8, 4) is 5.75 Å². The molecule has 0 unspecified atom stereocenters. The number of piperidine rings is 2. The summed E-state index contributed by atoms with van der Waals surface area (Å²) < 4.78 is 6.44. The summed E-state index contributed by atoms with van der Waals surface area (Å²) in [6.45, 7) is 4.14. The molecule has 0 spiro atoms. The van der Waals surface area contributed by atoms with Crippen molar-refractivity contribution in [1.82, 2.24) is 10.2 Å². The molecule has 2 fully saturated rings. The van der Waals surface area contributed by atoms with Gasteiger partial charge in [-0.15, -0.1) is 0 Å². The maximum absolute atomic E-state index is 12.4. The molecule has 3 aliphatic heterocycles. The number of nitrogens with zero attached hydrogens (tertiary/aromatic N) is 1. The quantitative estimate of drug-likeness (QED) is 0.904. The smallest absolute Gasteiger partial charge is 0.223 e. The summed E-state index contributed by atoms with van der Waals surface area (Å²) in [5.41, 5.74) is 1.99. The van der Waals surface area contributed by atoms with Gasteiger partial charge in [-0.05, 0) is 24.1 Å². The van der Waals surface area contributed by atoms with E-state index in [1.165, 1.54) is 11.1 Å². The normalized spacial score (nSPS) is 31.2. The zero-order chi connectivity index (χ0) is 17.7. The first-order chi connectivity index (χ1) is 12.7. The third-order valence-electron chi connectivity index (χ3n) is 6.48. The number of para-hydroxylation sites is 1. The highest BCUT2D eigenvalue weighted by Gasteiger charge is 2.57. The van der Waals surface area contributed by atoms with Crippen LogP contribution in [0.25, 0.3) is 0 Å². The van der Waals surface area contributed by atoms with E-state index in [9.17, 15) is 4.79 Å². The van der Waals surface area contributed by atoms with E-state index in [0.717, 1.165) is 25.3 Å². The van der Waals surface area contributed by atoms with Gasteiger partial charge in [-0.25, -0.2) is 0 Å². The maximum atomic E-state index is 12.4. The minimum absolute atomic E-state index is 0.116. The second-order valence-electron chi connectivity index (χ2n) is 7.83. The van der Waals surface area contributed by atoms with Gasteiger partial charge >= 0.3 is 0 Å². The molecule has 0 radical (unpaired) electrons. The molecule has 4 heteroatoms. The Labute approximate surface area is 154 Å². The van der Waals surface area contributed by atoms with Crippen LogP contribution in [-0.2, 0) is 4.79 Å². The lowest BCUT2D eigenvalue weighted by atomic mass is 9.69. The number of hydrogen-bond donors (Lipinski definition) is 1. The van der Waals surface area contributed by atoms with E-state index >= 15 is 0 Å². The highest BCUT2D eigenvalue weighted by Crippen LogP contribution is 2.51. The minimum Gasteiger partial charge on any atom is -0.467 e. The number of carbonyl (C=O) groups is 1. The van der Waals surface area contributed by atoms with E-state index < -0.39 is 5.72 Å².